The molecule has 0 N–H and O–H groups in total. The van der Waals surface area contributed by atoms with Crippen molar-refractivity contribution >= 4 is 0 Å². The summed E-state index contributed by atoms with van der Waals surface area (Å²) in [7, 11) is 0. The van der Waals surface area contributed by atoms with Gasteiger partial charge in [-0.15, -0.1) is 0 Å². The summed E-state index contributed by atoms with van der Waals surface area (Å²) in [5, 5.41) is 8.63. The first-order chi connectivity index (χ1) is 14.5. The maximum absolute atomic E-state index is 12.7. The topological polar surface area (TPSA) is 23.8 Å². The summed E-state index contributed by atoms with van der Waals surface area (Å²) in [6, 6.07) is 7.92. The standard InChI is InChI=1S/C26H34F3N/c27-26(28,29)25-17-15-24(16-18-25)23-13-11-21(12-14-23)5-2-1-4-20-7-9-22(10-8-20)6-3-19-30/h3,6,15-18,20-23H,1-2,4-5,7-14H2/b6-3+. The van der Waals surface area contributed by atoms with Crippen molar-refractivity contribution in [3.8, 4) is 6.07 Å². The fraction of sp³-hybridized carbons (Fsp3) is 0.654. The second kappa shape index (κ2) is 11.0. The van der Waals surface area contributed by atoms with Gasteiger partial charge in [0.2, 0.25) is 0 Å². The van der Waals surface area contributed by atoms with Crippen LogP contribution in [0.15, 0.2) is 36.4 Å². The number of unbranched alkanes of at least 4 members (excludes halogenated alkanes) is 1. The van der Waals surface area contributed by atoms with Gasteiger partial charge in [-0.05, 0) is 92.7 Å². The largest absolute Gasteiger partial charge is 0.416 e. The summed E-state index contributed by atoms with van der Waals surface area (Å²) in [6.07, 6.45) is 14.5. The van der Waals surface area contributed by atoms with Gasteiger partial charge in [0.05, 0.1) is 11.6 Å². The predicted octanol–water partition coefficient (Wildman–Crippen LogP) is 8.43. The Labute approximate surface area is 179 Å². The summed E-state index contributed by atoms with van der Waals surface area (Å²) in [6.45, 7) is 0. The number of nitrogens with zero attached hydrogens (tertiary/aromatic N) is 1. The van der Waals surface area contributed by atoms with Crippen molar-refractivity contribution in [1.29, 1.82) is 5.26 Å². The summed E-state index contributed by atoms with van der Waals surface area (Å²) in [5.74, 6) is 2.70. The number of hydrogen-bond donors (Lipinski definition) is 0. The molecule has 0 saturated heterocycles. The van der Waals surface area contributed by atoms with Crippen LogP contribution in [0.5, 0.6) is 0 Å². The van der Waals surface area contributed by atoms with Gasteiger partial charge < -0.3 is 0 Å². The third kappa shape index (κ3) is 6.89. The first-order valence-electron chi connectivity index (χ1n) is 11.7. The van der Waals surface area contributed by atoms with E-state index in [0.29, 0.717) is 11.8 Å². The Kier molecular flexibility index (Phi) is 8.42. The minimum absolute atomic E-state index is 0.425. The number of rotatable bonds is 7. The molecule has 1 aromatic carbocycles. The van der Waals surface area contributed by atoms with E-state index in [1.165, 1.54) is 76.3 Å². The first kappa shape index (κ1) is 22.9. The van der Waals surface area contributed by atoms with Crippen LogP contribution in [0.25, 0.3) is 0 Å². The zero-order chi connectivity index (χ0) is 21.4. The Morgan fingerprint density at radius 1 is 0.833 bits per heavy atom. The van der Waals surface area contributed by atoms with E-state index >= 15 is 0 Å². The normalized spacial score (nSPS) is 27.8. The Morgan fingerprint density at radius 3 is 1.87 bits per heavy atom. The molecule has 0 atom stereocenters. The number of halogens is 3. The Balaban J connectivity index is 1.29. The van der Waals surface area contributed by atoms with Gasteiger partial charge in [0.25, 0.3) is 0 Å². The molecular formula is C26H34F3N. The molecule has 0 bridgehead atoms. The molecular weight excluding hydrogens is 383 g/mol. The average Bonchev–Trinajstić information content (AvgIpc) is 2.76. The number of nitriles is 1. The fourth-order valence-electron chi connectivity index (χ4n) is 5.44. The van der Waals surface area contributed by atoms with Crippen LogP contribution in [0, 0.1) is 29.1 Å². The molecule has 0 aromatic heterocycles. The Bertz CT molecular complexity index is 697. The molecule has 2 saturated carbocycles. The predicted molar refractivity (Wildman–Crippen MR) is 115 cm³/mol. The number of hydrogen-bond acceptors (Lipinski definition) is 1. The molecule has 4 heteroatoms. The van der Waals surface area contributed by atoms with Gasteiger partial charge >= 0.3 is 6.18 Å². The van der Waals surface area contributed by atoms with Crippen molar-refractivity contribution in [2.45, 2.75) is 89.1 Å². The van der Waals surface area contributed by atoms with E-state index in [4.69, 9.17) is 5.26 Å². The first-order valence-corrected chi connectivity index (χ1v) is 11.7. The monoisotopic (exact) mass is 417 g/mol. The van der Waals surface area contributed by atoms with Crippen LogP contribution in [0.4, 0.5) is 13.2 Å². The average molecular weight is 418 g/mol. The van der Waals surface area contributed by atoms with E-state index in [1.54, 1.807) is 18.2 Å². The molecule has 0 radical (unpaired) electrons. The lowest BCUT2D eigenvalue weighted by atomic mass is 9.76. The van der Waals surface area contributed by atoms with Crippen LogP contribution in [0.1, 0.15) is 94.1 Å². The molecule has 2 fully saturated rings. The summed E-state index contributed by atoms with van der Waals surface area (Å²) in [4.78, 5) is 0. The van der Waals surface area contributed by atoms with Crippen LogP contribution in [-0.2, 0) is 6.18 Å². The highest BCUT2D eigenvalue weighted by molar-refractivity contribution is 5.27. The van der Waals surface area contributed by atoms with Gasteiger partial charge in [-0.2, -0.15) is 18.4 Å². The van der Waals surface area contributed by atoms with Gasteiger partial charge in [-0.25, -0.2) is 0 Å². The molecule has 3 rings (SSSR count). The molecule has 0 amide bonds. The maximum atomic E-state index is 12.7. The molecule has 1 aromatic rings. The lowest BCUT2D eigenvalue weighted by molar-refractivity contribution is -0.137. The van der Waals surface area contributed by atoms with Crippen molar-refractivity contribution < 1.29 is 13.2 Å². The molecule has 0 spiro atoms. The third-order valence-corrected chi connectivity index (χ3v) is 7.37. The smallest absolute Gasteiger partial charge is 0.193 e. The lowest BCUT2D eigenvalue weighted by Crippen LogP contribution is -2.15. The number of benzene rings is 1. The number of alkyl halides is 3. The van der Waals surface area contributed by atoms with E-state index in [1.807, 2.05) is 0 Å². The SMILES string of the molecule is N#C/C=C/C1CCC(CCCCC2CCC(c3ccc(C(F)(F)F)cc3)CC2)CC1. The Hall–Kier alpha value is -1.76. The van der Waals surface area contributed by atoms with Gasteiger partial charge in [0.15, 0.2) is 0 Å². The molecule has 2 aliphatic rings. The van der Waals surface area contributed by atoms with E-state index in [2.05, 4.69) is 12.1 Å². The van der Waals surface area contributed by atoms with Crippen molar-refractivity contribution in [2.24, 2.45) is 17.8 Å². The lowest BCUT2D eigenvalue weighted by Gasteiger charge is -2.29. The Morgan fingerprint density at radius 2 is 1.37 bits per heavy atom. The van der Waals surface area contributed by atoms with Crippen LogP contribution in [0.2, 0.25) is 0 Å². The second-order valence-corrected chi connectivity index (χ2v) is 9.39. The summed E-state index contributed by atoms with van der Waals surface area (Å²) in [5.41, 5.74) is 0.522. The zero-order valence-electron chi connectivity index (χ0n) is 17.8. The van der Waals surface area contributed by atoms with E-state index < -0.39 is 11.7 Å². The highest BCUT2D eigenvalue weighted by atomic mass is 19.4. The van der Waals surface area contributed by atoms with E-state index in [0.717, 1.165) is 30.2 Å². The van der Waals surface area contributed by atoms with Gasteiger partial charge in [-0.1, -0.05) is 43.9 Å². The fourth-order valence-corrected chi connectivity index (χ4v) is 5.44. The molecule has 0 aliphatic heterocycles. The van der Waals surface area contributed by atoms with Crippen molar-refractivity contribution in [3.63, 3.8) is 0 Å². The van der Waals surface area contributed by atoms with Crippen LogP contribution in [0.3, 0.4) is 0 Å². The minimum atomic E-state index is -4.25. The second-order valence-electron chi connectivity index (χ2n) is 9.39. The minimum Gasteiger partial charge on any atom is -0.193 e. The van der Waals surface area contributed by atoms with Crippen LogP contribution < -0.4 is 0 Å². The van der Waals surface area contributed by atoms with Gasteiger partial charge in [-0.3, -0.25) is 0 Å². The van der Waals surface area contributed by atoms with Crippen LogP contribution >= 0.6 is 0 Å². The zero-order valence-corrected chi connectivity index (χ0v) is 17.8. The molecule has 1 nitrogen and oxygen atoms in total. The molecule has 2 aliphatic carbocycles. The molecule has 0 unspecified atom stereocenters. The van der Waals surface area contributed by atoms with Crippen molar-refractivity contribution in [2.75, 3.05) is 0 Å². The summed E-state index contributed by atoms with van der Waals surface area (Å²) >= 11 is 0. The quantitative estimate of drug-likeness (QED) is 0.322. The molecule has 164 valence electrons. The molecule has 30 heavy (non-hydrogen) atoms. The van der Waals surface area contributed by atoms with E-state index in [9.17, 15) is 13.2 Å². The van der Waals surface area contributed by atoms with Crippen molar-refractivity contribution in [3.05, 3.63) is 47.5 Å². The van der Waals surface area contributed by atoms with Crippen molar-refractivity contribution in [1.82, 2.24) is 0 Å². The van der Waals surface area contributed by atoms with Gasteiger partial charge in [0.1, 0.15) is 0 Å². The highest BCUT2D eigenvalue weighted by Gasteiger charge is 2.30. The number of allylic oxidation sites excluding steroid dienone is 2. The maximum Gasteiger partial charge on any atom is 0.416 e. The summed E-state index contributed by atoms with van der Waals surface area (Å²) < 4.78 is 38.2. The highest BCUT2D eigenvalue weighted by Crippen LogP contribution is 2.39. The van der Waals surface area contributed by atoms with E-state index in [-0.39, 0.29) is 0 Å². The van der Waals surface area contributed by atoms with Gasteiger partial charge in [0, 0.05) is 6.08 Å². The molecule has 0 heterocycles. The third-order valence-electron chi connectivity index (χ3n) is 7.37. The van der Waals surface area contributed by atoms with Crippen LogP contribution in [-0.4, -0.2) is 0 Å².